The summed E-state index contributed by atoms with van der Waals surface area (Å²) in [5.41, 5.74) is 1.25. The Morgan fingerprint density at radius 2 is 1.83 bits per heavy atom. The lowest BCUT2D eigenvalue weighted by Crippen LogP contribution is -2.53. The molecule has 1 aromatic rings. The number of alkyl halides is 2. The first-order chi connectivity index (χ1) is 8.54. The SMILES string of the molecule is CCCCC(F)(F)C1Nc2ccccc2NC1O. The summed E-state index contributed by atoms with van der Waals surface area (Å²) in [5.74, 6) is -2.93. The summed E-state index contributed by atoms with van der Waals surface area (Å²) in [6.45, 7) is 1.87. The average Bonchev–Trinajstić information content (AvgIpc) is 2.35. The normalized spacial score (nSPS) is 22.9. The molecule has 0 saturated heterocycles. The first-order valence-corrected chi connectivity index (χ1v) is 6.22. The van der Waals surface area contributed by atoms with E-state index >= 15 is 0 Å². The van der Waals surface area contributed by atoms with Crippen molar-refractivity contribution < 1.29 is 13.9 Å². The van der Waals surface area contributed by atoms with Crippen LogP contribution >= 0.6 is 0 Å². The van der Waals surface area contributed by atoms with Crippen molar-refractivity contribution in [3.63, 3.8) is 0 Å². The molecule has 3 nitrogen and oxygen atoms in total. The summed E-state index contributed by atoms with van der Waals surface area (Å²) in [4.78, 5) is 0. The van der Waals surface area contributed by atoms with Gasteiger partial charge in [0.25, 0.3) is 5.92 Å². The number of halogens is 2. The molecule has 0 amide bonds. The minimum Gasteiger partial charge on any atom is -0.371 e. The van der Waals surface area contributed by atoms with Gasteiger partial charge in [-0.15, -0.1) is 0 Å². The molecule has 0 saturated carbocycles. The molecule has 1 heterocycles. The molecular formula is C13H18F2N2O. The van der Waals surface area contributed by atoms with Crippen LogP contribution in [-0.2, 0) is 0 Å². The first kappa shape index (κ1) is 13.1. The zero-order valence-electron chi connectivity index (χ0n) is 10.3. The number of unbranched alkanes of at least 4 members (excludes halogenated alkanes) is 1. The van der Waals surface area contributed by atoms with Crippen LogP contribution in [0.15, 0.2) is 24.3 Å². The topological polar surface area (TPSA) is 44.3 Å². The average molecular weight is 256 g/mol. The molecule has 1 aromatic carbocycles. The van der Waals surface area contributed by atoms with Crippen LogP contribution in [-0.4, -0.2) is 23.3 Å². The Kier molecular flexibility index (Phi) is 3.71. The second kappa shape index (κ2) is 5.10. The predicted molar refractivity (Wildman–Crippen MR) is 68.0 cm³/mol. The lowest BCUT2D eigenvalue weighted by atomic mass is 9.99. The fourth-order valence-electron chi connectivity index (χ4n) is 2.13. The Morgan fingerprint density at radius 3 is 2.44 bits per heavy atom. The number of benzene rings is 1. The van der Waals surface area contributed by atoms with E-state index in [1.165, 1.54) is 0 Å². The summed E-state index contributed by atoms with van der Waals surface area (Å²) < 4.78 is 28.0. The summed E-state index contributed by atoms with van der Waals surface area (Å²) in [6, 6.07) is 5.73. The second-order valence-corrected chi connectivity index (χ2v) is 4.62. The van der Waals surface area contributed by atoms with Crippen molar-refractivity contribution >= 4 is 11.4 Å². The molecule has 3 N–H and O–H groups in total. The molecule has 0 radical (unpaired) electrons. The lowest BCUT2D eigenvalue weighted by molar-refractivity contribution is -0.0597. The highest BCUT2D eigenvalue weighted by Gasteiger charge is 2.45. The summed E-state index contributed by atoms with van der Waals surface area (Å²) in [6.07, 6.45) is -0.351. The van der Waals surface area contributed by atoms with Crippen LogP contribution in [0.1, 0.15) is 26.2 Å². The number of anilines is 2. The molecule has 100 valence electrons. The van der Waals surface area contributed by atoms with Crippen LogP contribution < -0.4 is 10.6 Å². The van der Waals surface area contributed by atoms with Gasteiger partial charge in [0, 0.05) is 6.42 Å². The van der Waals surface area contributed by atoms with Crippen LogP contribution in [0.4, 0.5) is 20.2 Å². The van der Waals surface area contributed by atoms with Gasteiger partial charge in [0.1, 0.15) is 6.04 Å². The maximum absolute atomic E-state index is 14.0. The van der Waals surface area contributed by atoms with Crippen molar-refractivity contribution in [3.05, 3.63) is 24.3 Å². The first-order valence-electron chi connectivity index (χ1n) is 6.22. The summed E-state index contributed by atoms with van der Waals surface area (Å²) >= 11 is 0. The molecule has 2 rings (SSSR count). The monoisotopic (exact) mass is 256 g/mol. The fourth-order valence-corrected chi connectivity index (χ4v) is 2.13. The molecule has 5 heteroatoms. The molecule has 2 unspecified atom stereocenters. The smallest absolute Gasteiger partial charge is 0.272 e. The van der Waals surface area contributed by atoms with Crippen molar-refractivity contribution in [3.8, 4) is 0 Å². The van der Waals surface area contributed by atoms with Gasteiger partial charge >= 0.3 is 0 Å². The number of rotatable bonds is 4. The summed E-state index contributed by atoms with van der Waals surface area (Å²) in [7, 11) is 0. The van der Waals surface area contributed by atoms with Gasteiger partial charge in [0.05, 0.1) is 11.4 Å². The van der Waals surface area contributed by atoms with Crippen LogP contribution in [0.25, 0.3) is 0 Å². The number of para-hydroxylation sites is 2. The van der Waals surface area contributed by atoms with E-state index in [1.54, 1.807) is 24.3 Å². The predicted octanol–water partition coefficient (Wildman–Crippen LogP) is 3.04. The van der Waals surface area contributed by atoms with Gasteiger partial charge in [-0.3, -0.25) is 0 Å². The zero-order chi connectivity index (χ0) is 13.2. The van der Waals surface area contributed by atoms with Crippen molar-refractivity contribution in [2.45, 2.75) is 44.4 Å². The van der Waals surface area contributed by atoms with Gasteiger partial charge < -0.3 is 15.7 Å². The van der Waals surface area contributed by atoms with E-state index in [1.807, 2.05) is 6.92 Å². The number of fused-ring (bicyclic) bond motifs is 1. The van der Waals surface area contributed by atoms with Crippen molar-refractivity contribution in [1.82, 2.24) is 0 Å². The Bertz CT molecular complexity index is 412. The highest BCUT2D eigenvalue weighted by Crippen LogP contribution is 2.35. The minimum atomic E-state index is -2.93. The Balaban J connectivity index is 2.16. The lowest BCUT2D eigenvalue weighted by Gasteiger charge is -2.37. The molecular weight excluding hydrogens is 238 g/mol. The van der Waals surface area contributed by atoms with Gasteiger partial charge in [-0.05, 0) is 18.6 Å². The number of aliphatic hydroxyl groups excluding tert-OH is 1. The van der Waals surface area contributed by atoms with Crippen LogP contribution in [0, 0.1) is 0 Å². The minimum absolute atomic E-state index is 0.220. The maximum atomic E-state index is 14.0. The fraction of sp³-hybridized carbons (Fsp3) is 0.538. The van der Waals surface area contributed by atoms with E-state index in [0.29, 0.717) is 24.2 Å². The van der Waals surface area contributed by atoms with Crippen LogP contribution in [0.3, 0.4) is 0 Å². The zero-order valence-corrected chi connectivity index (χ0v) is 10.3. The van der Waals surface area contributed by atoms with Gasteiger partial charge in [-0.2, -0.15) is 0 Å². The van der Waals surface area contributed by atoms with Gasteiger partial charge in [-0.25, -0.2) is 8.78 Å². The third-order valence-corrected chi connectivity index (χ3v) is 3.18. The van der Waals surface area contributed by atoms with Crippen molar-refractivity contribution in [2.75, 3.05) is 10.6 Å². The number of hydrogen-bond acceptors (Lipinski definition) is 3. The number of nitrogens with one attached hydrogen (secondary N) is 2. The van der Waals surface area contributed by atoms with E-state index in [-0.39, 0.29) is 6.42 Å². The third-order valence-electron chi connectivity index (χ3n) is 3.18. The highest BCUT2D eigenvalue weighted by atomic mass is 19.3. The quantitative estimate of drug-likeness (QED) is 0.775. The maximum Gasteiger partial charge on any atom is 0.272 e. The van der Waals surface area contributed by atoms with Crippen LogP contribution in [0.5, 0.6) is 0 Å². The Labute approximate surface area is 105 Å². The Morgan fingerprint density at radius 1 is 1.22 bits per heavy atom. The van der Waals surface area contributed by atoms with Crippen molar-refractivity contribution in [1.29, 1.82) is 0 Å². The molecule has 18 heavy (non-hydrogen) atoms. The molecule has 2 atom stereocenters. The molecule has 1 aliphatic rings. The molecule has 1 aliphatic heterocycles. The largest absolute Gasteiger partial charge is 0.371 e. The standard InChI is InChI=1S/C13H18F2N2O/c1-2-3-8-13(14,15)11-12(18)17-10-7-5-4-6-9(10)16-11/h4-7,11-12,16-18H,2-3,8H2,1H3. The van der Waals surface area contributed by atoms with Gasteiger partial charge in [0.15, 0.2) is 6.23 Å². The van der Waals surface area contributed by atoms with Crippen molar-refractivity contribution in [2.24, 2.45) is 0 Å². The Hall–Kier alpha value is -1.36. The van der Waals surface area contributed by atoms with E-state index in [4.69, 9.17) is 0 Å². The van der Waals surface area contributed by atoms with E-state index in [2.05, 4.69) is 10.6 Å². The third kappa shape index (κ3) is 2.56. The summed E-state index contributed by atoms with van der Waals surface area (Å²) in [5, 5.41) is 15.2. The van der Waals surface area contributed by atoms with E-state index in [9.17, 15) is 13.9 Å². The highest BCUT2D eigenvalue weighted by molar-refractivity contribution is 5.71. The number of hydrogen-bond donors (Lipinski definition) is 3. The van der Waals surface area contributed by atoms with E-state index < -0.39 is 18.2 Å². The molecule has 0 fully saturated rings. The van der Waals surface area contributed by atoms with Gasteiger partial charge in [-0.1, -0.05) is 25.5 Å². The number of aliphatic hydroxyl groups is 1. The van der Waals surface area contributed by atoms with E-state index in [0.717, 1.165) is 0 Å². The molecule has 0 bridgehead atoms. The van der Waals surface area contributed by atoms with Gasteiger partial charge in [0.2, 0.25) is 0 Å². The molecule has 0 spiro atoms. The van der Waals surface area contributed by atoms with Crippen LogP contribution in [0.2, 0.25) is 0 Å². The second-order valence-electron chi connectivity index (χ2n) is 4.62. The molecule has 0 aliphatic carbocycles. The molecule has 0 aromatic heterocycles.